The summed E-state index contributed by atoms with van der Waals surface area (Å²) in [4.78, 5) is 13.6. The Bertz CT molecular complexity index is 6770. The van der Waals surface area contributed by atoms with Gasteiger partial charge in [0.1, 0.15) is 98.5 Å². The molecule has 15 rings (SSSR count). The highest BCUT2D eigenvalue weighted by Gasteiger charge is 2.51. The lowest BCUT2D eigenvalue weighted by Crippen LogP contribution is -2.44. The smallest absolute Gasteiger partial charge is 0.484 e. The SMILES string of the molecule is CC(C)(OCc1cc(F)cc(-c2cc(N)nn2-c2ccc(F)cc2)c1)C(F)(F)F.CC(C)(Oc1cc(F)cc(-c2cc(N)nn2-c2cnc(C(F)(F)F)nc2)c1)C(F)(F)F.Nc1cc(-c2cc(F)cc(OC(F)(F)F)c2)n(-c2cncc(C(F)(F)F)c2)n1.Nc1cc(-c2cc(F)cc(OC(F)(F)F)c2)n(-c2cncc(F)c2)n1.Nc1cc(-c2cccc(OCC(F)(F)F)c2)n(-c2ccc(F)cc2)n1. The minimum Gasteiger partial charge on any atom is -0.484 e. The van der Waals surface area contributed by atoms with E-state index in [4.69, 9.17) is 42.9 Å². The van der Waals surface area contributed by atoms with E-state index < -0.39 is 137 Å². The summed E-state index contributed by atoms with van der Waals surface area (Å²) in [5, 5.41) is 19.9. The van der Waals surface area contributed by atoms with Crippen molar-refractivity contribution in [3.63, 3.8) is 0 Å². The van der Waals surface area contributed by atoms with Crippen LogP contribution in [0, 0.1) is 40.7 Å². The Balaban J connectivity index is 0.000000166. The quantitative estimate of drug-likeness (QED) is 0.0470. The van der Waals surface area contributed by atoms with Crippen LogP contribution in [0.1, 0.15) is 44.6 Å². The number of rotatable bonds is 19. The number of benzene rings is 7. The number of anilines is 5. The fourth-order valence-electron chi connectivity index (χ4n) is 12.0. The molecular formula is C86H63F28N19O5. The molecule has 24 nitrogen and oxygen atoms in total. The first-order chi connectivity index (χ1) is 64.1. The summed E-state index contributed by atoms with van der Waals surface area (Å²) in [7, 11) is 0. The van der Waals surface area contributed by atoms with E-state index in [1.165, 1.54) is 107 Å². The van der Waals surface area contributed by atoms with Gasteiger partial charge in [-0.1, -0.05) is 12.1 Å². The molecule has 8 aromatic heterocycles. The lowest BCUT2D eigenvalue weighted by atomic mass is 10.1. The highest BCUT2D eigenvalue weighted by Crippen LogP contribution is 2.42. The summed E-state index contributed by atoms with van der Waals surface area (Å²) in [6.07, 6.45) is -27.7. The van der Waals surface area contributed by atoms with Gasteiger partial charge in [0.15, 0.2) is 17.8 Å². The number of ether oxygens (including phenoxy) is 5. The molecule has 0 radical (unpaired) electrons. The largest absolute Gasteiger partial charge is 0.573 e. The molecule has 728 valence electrons. The Morgan fingerprint density at radius 3 is 1.03 bits per heavy atom. The lowest BCUT2D eigenvalue weighted by Gasteiger charge is -2.29. The number of hydrogen-bond acceptors (Lipinski definition) is 19. The molecule has 10 N–H and O–H groups in total. The monoisotopic (exact) mass is 1970 g/mol. The molecule has 0 saturated heterocycles. The maximum atomic E-state index is 14.2. The highest BCUT2D eigenvalue weighted by atomic mass is 19.4. The van der Waals surface area contributed by atoms with Crippen molar-refractivity contribution in [1.82, 2.24) is 68.8 Å². The predicted molar refractivity (Wildman–Crippen MR) is 439 cm³/mol. The van der Waals surface area contributed by atoms with Crippen molar-refractivity contribution < 1.29 is 147 Å². The highest BCUT2D eigenvalue weighted by molar-refractivity contribution is 5.72. The van der Waals surface area contributed by atoms with E-state index in [1.807, 2.05) is 0 Å². The zero-order chi connectivity index (χ0) is 101. The van der Waals surface area contributed by atoms with Crippen molar-refractivity contribution in [1.29, 1.82) is 0 Å². The molecule has 0 aliphatic heterocycles. The van der Waals surface area contributed by atoms with Gasteiger partial charge in [0.25, 0.3) is 0 Å². The van der Waals surface area contributed by atoms with Crippen LogP contribution in [0.25, 0.3) is 84.7 Å². The number of aromatic nitrogens is 14. The van der Waals surface area contributed by atoms with Gasteiger partial charge in [0, 0.05) is 88.6 Å². The molecule has 0 amide bonds. The Labute approximate surface area is 757 Å². The van der Waals surface area contributed by atoms with Crippen LogP contribution in [-0.4, -0.2) is 118 Å². The van der Waals surface area contributed by atoms with Gasteiger partial charge < -0.3 is 52.4 Å². The van der Waals surface area contributed by atoms with E-state index in [0.29, 0.717) is 52.2 Å². The second-order valence-corrected chi connectivity index (χ2v) is 29.6. The fourth-order valence-corrected chi connectivity index (χ4v) is 12.0. The van der Waals surface area contributed by atoms with Crippen molar-refractivity contribution in [2.24, 2.45) is 0 Å². The number of nitrogen functional groups attached to an aromatic ring is 5. The van der Waals surface area contributed by atoms with Crippen LogP contribution in [0.3, 0.4) is 0 Å². The zero-order valence-corrected chi connectivity index (χ0v) is 70.0. The van der Waals surface area contributed by atoms with Crippen molar-refractivity contribution in [3.8, 4) is 108 Å². The molecule has 52 heteroatoms. The molecule has 7 aromatic carbocycles. The van der Waals surface area contributed by atoms with Crippen molar-refractivity contribution in [2.75, 3.05) is 35.3 Å². The number of halogens is 28. The van der Waals surface area contributed by atoms with E-state index in [9.17, 15) is 123 Å². The van der Waals surface area contributed by atoms with Gasteiger partial charge in [0.2, 0.25) is 5.82 Å². The Kier molecular flexibility index (Phi) is 30.0. The van der Waals surface area contributed by atoms with Gasteiger partial charge in [-0.2, -0.15) is 86.3 Å². The van der Waals surface area contributed by atoms with E-state index in [2.05, 4.69) is 54.9 Å². The van der Waals surface area contributed by atoms with Crippen LogP contribution >= 0.6 is 0 Å². The Morgan fingerprint density at radius 2 is 0.652 bits per heavy atom. The van der Waals surface area contributed by atoms with Crippen molar-refractivity contribution >= 4 is 29.1 Å². The van der Waals surface area contributed by atoms with E-state index in [0.717, 1.165) is 133 Å². The third-order valence-electron chi connectivity index (χ3n) is 18.2. The fraction of sp³-hybridized carbons (Fsp3) is 0.174. The van der Waals surface area contributed by atoms with Gasteiger partial charge in [0.05, 0.1) is 94.4 Å². The van der Waals surface area contributed by atoms with Crippen LogP contribution in [0.5, 0.6) is 23.0 Å². The van der Waals surface area contributed by atoms with Crippen LogP contribution < -0.4 is 47.6 Å². The molecular weight excluding hydrogens is 1910 g/mol. The van der Waals surface area contributed by atoms with Gasteiger partial charge in [-0.25, -0.2) is 64.1 Å². The van der Waals surface area contributed by atoms with E-state index >= 15 is 0 Å². The van der Waals surface area contributed by atoms with Crippen molar-refractivity contribution in [3.05, 3.63) is 283 Å². The first kappa shape index (κ1) is 103. The normalized spacial score (nSPS) is 12.1. The summed E-state index contributed by atoms with van der Waals surface area (Å²) in [5.41, 5.74) is 25.3. The van der Waals surface area contributed by atoms with Gasteiger partial charge in [-0.3, -0.25) is 9.97 Å². The number of hydrogen-bond donors (Lipinski definition) is 5. The van der Waals surface area contributed by atoms with E-state index in [1.54, 1.807) is 18.2 Å². The van der Waals surface area contributed by atoms with Gasteiger partial charge in [-0.05, 0) is 155 Å². The molecule has 138 heavy (non-hydrogen) atoms. The molecule has 0 aliphatic carbocycles. The molecule has 0 atom stereocenters. The number of alkyl halides is 21. The minimum atomic E-state index is -5.06. The first-order valence-corrected chi connectivity index (χ1v) is 38.4. The molecule has 0 spiro atoms. The number of pyridine rings is 2. The maximum absolute atomic E-state index is 14.2. The molecule has 15 aromatic rings. The summed E-state index contributed by atoms with van der Waals surface area (Å²) in [6, 6.07) is 37.2. The second kappa shape index (κ2) is 40.4. The Hall–Kier alpha value is -15.8. The molecule has 0 unspecified atom stereocenters. The lowest BCUT2D eigenvalue weighted by molar-refractivity contribution is -0.275. The standard InChI is InChI=1S/C20H18F5N3O.C18H14F7N5O.C17H13F4N3O.C16H9F7N4O.C15H9F5N4O/c1-19(2,20(23,24)25)29-11-12-7-13(9-15(22)8-12)17-10-18(26)27-28(17)16-5-3-14(21)4-6-16;1-16(2,18(23,24)25)31-12-4-9(3-10(19)5-12)13-6-14(26)29-30(13)11-7-27-15(28-8-11)17(20,21)22;18-12-4-6-13(7-5-12)24-15(9-16(22)23-24)11-2-1-3-14(8-11)25-10-17(19,20)21;17-10-1-8(2-12(4-10)28-16(21,22)23)13-5-14(24)26-27(13)11-3-9(6-25-7-11)15(18,19)20;16-9-1-8(2-12(4-9)25-15(18,19)20)13-5-14(21)23-24(13)11-3-10(17)6-22-7-11/h3-10H,11H2,1-2H3,(H2,26,27);3-8H,1-2H3,(H2,26,29);1-9H,10H2,(H2,22,23);1-7H,(H2,24,26);1-7H,(H2,21,23). The summed E-state index contributed by atoms with van der Waals surface area (Å²) in [5.74, 6) is -8.29. The van der Waals surface area contributed by atoms with Crippen LogP contribution in [-0.2, 0) is 23.7 Å². The van der Waals surface area contributed by atoms with Crippen LogP contribution in [0.15, 0.2) is 225 Å². The Morgan fingerprint density at radius 1 is 0.297 bits per heavy atom. The minimum absolute atomic E-state index is 0.00168. The number of nitrogens with two attached hydrogens (primary N) is 5. The van der Waals surface area contributed by atoms with Crippen LogP contribution in [0.4, 0.5) is 152 Å². The molecule has 0 fully saturated rings. The molecule has 0 aliphatic rings. The number of nitrogens with zero attached hydrogens (tertiary/aromatic N) is 14. The third kappa shape index (κ3) is 27.5. The topological polar surface area (TPSA) is 317 Å². The summed E-state index contributed by atoms with van der Waals surface area (Å²) < 4.78 is 390. The maximum Gasteiger partial charge on any atom is 0.573 e. The average Bonchev–Trinajstić information content (AvgIpc) is 1.61. The predicted octanol–water partition coefficient (Wildman–Crippen LogP) is 22.5. The molecule has 0 bridgehead atoms. The van der Waals surface area contributed by atoms with Crippen LogP contribution in [0.2, 0.25) is 0 Å². The van der Waals surface area contributed by atoms with Gasteiger partial charge >= 0.3 is 43.6 Å². The average molecular weight is 1970 g/mol. The first-order valence-electron chi connectivity index (χ1n) is 38.4. The second-order valence-electron chi connectivity index (χ2n) is 29.6. The van der Waals surface area contributed by atoms with E-state index in [-0.39, 0.29) is 91.2 Å². The zero-order valence-electron chi connectivity index (χ0n) is 70.0. The van der Waals surface area contributed by atoms with Gasteiger partial charge in [-0.15, -0.1) is 31.4 Å². The third-order valence-corrected chi connectivity index (χ3v) is 18.2. The summed E-state index contributed by atoms with van der Waals surface area (Å²) >= 11 is 0. The van der Waals surface area contributed by atoms with Crippen molar-refractivity contribution in [2.45, 2.75) is 89.1 Å². The summed E-state index contributed by atoms with van der Waals surface area (Å²) in [6.45, 7) is 1.53. The molecule has 0 saturated carbocycles. The molecule has 8 heterocycles.